The molecule has 0 saturated heterocycles. The summed E-state index contributed by atoms with van der Waals surface area (Å²) in [5, 5.41) is 11.4. The molecule has 1 heterocycles. The summed E-state index contributed by atoms with van der Waals surface area (Å²) in [7, 11) is 3.15. The number of halogens is 1. The number of para-hydroxylation sites is 1. The van der Waals surface area contributed by atoms with Crippen molar-refractivity contribution in [1.29, 1.82) is 0 Å². The summed E-state index contributed by atoms with van der Waals surface area (Å²) in [6, 6.07) is 13.4. The Morgan fingerprint density at radius 2 is 1.84 bits per heavy atom. The molecule has 8 nitrogen and oxygen atoms in total. The summed E-state index contributed by atoms with van der Waals surface area (Å²) < 4.78 is 31.9. The number of nitrogens with zero attached hydrogens (tertiary/aromatic N) is 3. The second-order valence-corrected chi connectivity index (χ2v) is 7.22. The van der Waals surface area contributed by atoms with Crippen LogP contribution in [0.5, 0.6) is 11.5 Å². The van der Waals surface area contributed by atoms with Crippen LogP contribution in [0.1, 0.15) is 5.82 Å². The van der Waals surface area contributed by atoms with Gasteiger partial charge in [0.1, 0.15) is 23.9 Å². The van der Waals surface area contributed by atoms with Gasteiger partial charge in [0.15, 0.2) is 11.0 Å². The van der Waals surface area contributed by atoms with E-state index in [4.69, 9.17) is 14.2 Å². The number of hydrogen-bond donors (Lipinski definition) is 1. The van der Waals surface area contributed by atoms with Gasteiger partial charge in [0.25, 0.3) is 0 Å². The highest BCUT2D eigenvalue weighted by atomic mass is 32.2. The first-order chi connectivity index (χ1) is 15.1. The number of carbonyl (C=O) groups is 1. The number of thioether (sulfide) groups is 1. The molecule has 0 aliphatic carbocycles. The van der Waals surface area contributed by atoms with Crippen LogP contribution in [0, 0.1) is 5.82 Å². The molecule has 0 atom stereocenters. The van der Waals surface area contributed by atoms with Gasteiger partial charge < -0.3 is 19.5 Å². The number of carbonyl (C=O) groups excluding carboxylic acids is 1. The maximum absolute atomic E-state index is 14.5. The minimum Gasteiger partial charge on any atom is -0.497 e. The van der Waals surface area contributed by atoms with Gasteiger partial charge in [0.05, 0.1) is 25.2 Å². The van der Waals surface area contributed by atoms with Crippen LogP contribution in [0.3, 0.4) is 0 Å². The van der Waals surface area contributed by atoms with Crippen LogP contribution in [0.15, 0.2) is 53.7 Å². The van der Waals surface area contributed by atoms with E-state index >= 15 is 0 Å². The normalized spacial score (nSPS) is 10.7. The van der Waals surface area contributed by atoms with E-state index in [2.05, 4.69) is 15.5 Å². The highest BCUT2D eigenvalue weighted by molar-refractivity contribution is 7.99. The molecular weight excluding hydrogens is 423 g/mol. The van der Waals surface area contributed by atoms with Gasteiger partial charge >= 0.3 is 0 Å². The van der Waals surface area contributed by atoms with Crippen LogP contribution in [0.25, 0.3) is 5.69 Å². The van der Waals surface area contributed by atoms with Crippen molar-refractivity contribution in [2.24, 2.45) is 0 Å². The average molecular weight is 447 g/mol. The molecule has 1 N–H and O–H groups in total. The summed E-state index contributed by atoms with van der Waals surface area (Å²) >= 11 is 1.16. The Hall–Kier alpha value is -3.11. The molecule has 0 aliphatic heterocycles. The van der Waals surface area contributed by atoms with Gasteiger partial charge in [-0.05, 0) is 36.4 Å². The summed E-state index contributed by atoms with van der Waals surface area (Å²) in [5.74, 6) is 1.22. The number of rotatable bonds is 11. The smallest absolute Gasteiger partial charge is 0.230 e. The molecule has 10 heteroatoms. The Bertz CT molecular complexity index is 997. The number of ether oxygens (including phenoxy) is 3. The zero-order valence-electron chi connectivity index (χ0n) is 17.2. The first kappa shape index (κ1) is 22.6. The molecule has 0 radical (unpaired) electrons. The predicted molar refractivity (Wildman–Crippen MR) is 114 cm³/mol. The zero-order valence-corrected chi connectivity index (χ0v) is 18.0. The lowest BCUT2D eigenvalue weighted by molar-refractivity contribution is -0.118. The van der Waals surface area contributed by atoms with E-state index in [1.807, 2.05) is 0 Å². The molecule has 3 aromatic rings. The Balaban J connectivity index is 1.77. The first-order valence-electron chi connectivity index (χ1n) is 9.47. The Morgan fingerprint density at radius 1 is 1.10 bits per heavy atom. The van der Waals surface area contributed by atoms with Crippen LogP contribution < -0.4 is 14.8 Å². The monoisotopic (exact) mass is 446 g/mol. The molecule has 2 aromatic carbocycles. The third kappa shape index (κ3) is 6.19. The van der Waals surface area contributed by atoms with Crippen LogP contribution in [-0.4, -0.2) is 53.8 Å². The van der Waals surface area contributed by atoms with E-state index in [1.165, 1.54) is 6.07 Å². The minimum absolute atomic E-state index is 0.0637. The van der Waals surface area contributed by atoms with Crippen molar-refractivity contribution in [2.45, 2.75) is 11.8 Å². The number of hydrogen-bond acceptors (Lipinski definition) is 7. The van der Waals surface area contributed by atoms with Crippen LogP contribution in [0.2, 0.25) is 0 Å². The maximum atomic E-state index is 14.5. The second kappa shape index (κ2) is 11.3. The highest BCUT2D eigenvalue weighted by Gasteiger charge is 2.18. The molecule has 1 aromatic heterocycles. The SMILES string of the molecule is COCCNC(=O)CSc1nnc(COc2ccc(OC)cc2)n1-c1ccccc1F. The molecule has 3 rings (SSSR count). The number of nitrogens with one attached hydrogen (secondary N) is 1. The first-order valence-corrected chi connectivity index (χ1v) is 10.5. The zero-order chi connectivity index (χ0) is 22.1. The van der Waals surface area contributed by atoms with Crippen molar-refractivity contribution in [3.63, 3.8) is 0 Å². The Labute approximate surface area is 183 Å². The van der Waals surface area contributed by atoms with Gasteiger partial charge in [-0.1, -0.05) is 23.9 Å². The van der Waals surface area contributed by atoms with Gasteiger partial charge in [-0.3, -0.25) is 9.36 Å². The van der Waals surface area contributed by atoms with E-state index in [9.17, 15) is 9.18 Å². The quantitative estimate of drug-likeness (QED) is 0.358. The van der Waals surface area contributed by atoms with E-state index in [0.717, 1.165) is 11.8 Å². The molecule has 164 valence electrons. The number of benzene rings is 2. The van der Waals surface area contributed by atoms with Gasteiger partial charge in [-0.15, -0.1) is 10.2 Å². The Kier molecular flexibility index (Phi) is 8.25. The Morgan fingerprint density at radius 3 is 2.55 bits per heavy atom. The highest BCUT2D eigenvalue weighted by Crippen LogP contribution is 2.25. The van der Waals surface area contributed by atoms with Gasteiger partial charge in [0, 0.05) is 13.7 Å². The lowest BCUT2D eigenvalue weighted by atomic mass is 10.3. The standard InChI is InChI=1S/C21H23FN4O4S/c1-28-12-11-23-20(27)14-31-21-25-24-19(26(21)18-6-4-3-5-17(18)22)13-30-16-9-7-15(29-2)8-10-16/h3-10H,11-14H2,1-2H3,(H,23,27). The van der Waals surface area contributed by atoms with E-state index in [-0.39, 0.29) is 24.0 Å². The fraction of sp³-hybridized carbons (Fsp3) is 0.286. The third-order valence-electron chi connectivity index (χ3n) is 4.18. The van der Waals surface area contributed by atoms with Crippen molar-refractivity contribution >= 4 is 17.7 Å². The minimum atomic E-state index is -0.431. The topological polar surface area (TPSA) is 87.5 Å². The summed E-state index contributed by atoms with van der Waals surface area (Å²) in [6.07, 6.45) is 0. The predicted octanol–water partition coefficient (Wildman–Crippen LogP) is 2.85. The van der Waals surface area contributed by atoms with Crippen molar-refractivity contribution in [3.05, 3.63) is 60.2 Å². The number of amides is 1. The third-order valence-corrected chi connectivity index (χ3v) is 5.11. The van der Waals surface area contributed by atoms with Gasteiger partial charge in [-0.25, -0.2) is 4.39 Å². The molecule has 0 unspecified atom stereocenters. The second-order valence-electron chi connectivity index (χ2n) is 6.28. The summed E-state index contributed by atoms with van der Waals surface area (Å²) in [5.41, 5.74) is 0.281. The molecule has 0 spiro atoms. The molecule has 0 fully saturated rings. The molecule has 1 amide bonds. The van der Waals surface area contributed by atoms with Crippen LogP contribution in [-0.2, 0) is 16.1 Å². The molecule has 0 saturated carbocycles. The lowest BCUT2D eigenvalue weighted by Crippen LogP contribution is -2.28. The molecule has 0 bridgehead atoms. The van der Waals surface area contributed by atoms with Crippen molar-refractivity contribution in [1.82, 2.24) is 20.1 Å². The van der Waals surface area contributed by atoms with Crippen molar-refractivity contribution in [3.8, 4) is 17.2 Å². The molecule has 0 aliphatic rings. The number of aromatic nitrogens is 3. The van der Waals surface area contributed by atoms with Crippen molar-refractivity contribution in [2.75, 3.05) is 33.1 Å². The van der Waals surface area contributed by atoms with Crippen LogP contribution >= 0.6 is 11.8 Å². The van der Waals surface area contributed by atoms with E-state index < -0.39 is 5.82 Å². The van der Waals surface area contributed by atoms with E-state index in [0.29, 0.717) is 35.6 Å². The van der Waals surface area contributed by atoms with Gasteiger partial charge in [0.2, 0.25) is 5.91 Å². The van der Waals surface area contributed by atoms with E-state index in [1.54, 1.807) is 61.3 Å². The fourth-order valence-electron chi connectivity index (χ4n) is 2.66. The lowest BCUT2D eigenvalue weighted by Gasteiger charge is -2.12. The maximum Gasteiger partial charge on any atom is 0.230 e. The van der Waals surface area contributed by atoms with Gasteiger partial charge in [-0.2, -0.15) is 0 Å². The number of methoxy groups -OCH3 is 2. The molecule has 31 heavy (non-hydrogen) atoms. The summed E-state index contributed by atoms with van der Waals surface area (Å²) in [4.78, 5) is 12.0. The fourth-order valence-corrected chi connectivity index (χ4v) is 3.45. The largest absolute Gasteiger partial charge is 0.497 e. The molecular formula is C21H23FN4O4S. The summed E-state index contributed by atoms with van der Waals surface area (Å²) in [6.45, 7) is 0.903. The van der Waals surface area contributed by atoms with Crippen LogP contribution in [0.4, 0.5) is 4.39 Å². The average Bonchev–Trinajstić information content (AvgIpc) is 3.19. The van der Waals surface area contributed by atoms with Crippen molar-refractivity contribution < 1.29 is 23.4 Å².